The Labute approximate surface area is 94.8 Å². The Morgan fingerprint density at radius 2 is 1.80 bits per heavy atom. The molecule has 2 heteroatoms. The number of Topliss-reactive ketones (excluding diaryl/α,β-unsaturated/α-hetero) is 1. The molecule has 0 bridgehead atoms. The third-order valence-electron chi connectivity index (χ3n) is 2.97. The SMILES string of the molecule is CCC(C)(C)N[C@H](CCC(C)C)C(C)=O. The zero-order valence-electron chi connectivity index (χ0n) is 11.2. The maximum Gasteiger partial charge on any atom is 0.146 e. The second-order valence-electron chi connectivity index (χ2n) is 5.52. The molecule has 0 heterocycles. The van der Waals surface area contributed by atoms with Gasteiger partial charge in [-0.15, -0.1) is 0 Å². The van der Waals surface area contributed by atoms with E-state index in [2.05, 4.69) is 39.9 Å². The van der Waals surface area contributed by atoms with Gasteiger partial charge in [0.25, 0.3) is 0 Å². The monoisotopic (exact) mass is 213 g/mol. The summed E-state index contributed by atoms with van der Waals surface area (Å²) in [5.41, 5.74) is 0.0628. The van der Waals surface area contributed by atoms with Gasteiger partial charge in [0.1, 0.15) is 5.78 Å². The van der Waals surface area contributed by atoms with E-state index in [-0.39, 0.29) is 17.4 Å². The van der Waals surface area contributed by atoms with Gasteiger partial charge in [0, 0.05) is 5.54 Å². The van der Waals surface area contributed by atoms with Crippen LogP contribution in [0.25, 0.3) is 0 Å². The summed E-state index contributed by atoms with van der Waals surface area (Å²) in [7, 11) is 0. The number of rotatable bonds is 7. The average molecular weight is 213 g/mol. The molecule has 0 aromatic carbocycles. The average Bonchev–Trinajstić information content (AvgIpc) is 2.11. The molecule has 0 unspecified atom stereocenters. The van der Waals surface area contributed by atoms with Crippen LogP contribution in [0.2, 0.25) is 0 Å². The van der Waals surface area contributed by atoms with Crippen molar-refractivity contribution in [3.8, 4) is 0 Å². The van der Waals surface area contributed by atoms with Crippen LogP contribution >= 0.6 is 0 Å². The second-order valence-corrected chi connectivity index (χ2v) is 5.52. The molecule has 0 aliphatic rings. The summed E-state index contributed by atoms with van der Waals surface area (Å²) in [4.78, 5) is 11.5. The van der Waals surface area contributed by atoms with E-state index in [0.717, 1.165) is 19.3 Å². The summed E-state index contributed by atoms with van der Waals surface area (Å²) in [6.07, 6.45) is 3.10. The summed E-state index contributed by atoms with van der Waals surface area (Å²) < 4.78 is 0. The van der Waals surface area contributed by atoms with Gasteiger partial charge >= 0.3 is 0 Å². The van der Waals surface area contributed by atoms with Gasteiger partial charge < -0.3 is 5.32 Å². The van der Waals surface area contributed by atoms with E-state index >= 15 is 0 Å². The fourth-order valence-corrected chi connectivity index (χ4v) is 1.45. The van der Waals surface area contributed by atoms with Crippen LogP contribution < -0.4 is 5.32 Å². The molecule has 0 radical (unpaired) electrons. The van der Waals surface area contributed by atoms with Crippen LogP contribution in [0.1, 0.15) is 60.8 Å². The van der Waals surface area contributed by atoms with E-state index in [1.54, 1.807) is 6.92 Å². The van der Waals surface area contributed by atoms with Crippen LogP contribution in [0.4, 0.5) is 0 Å². The first kappa shape index (κ1) is 14.6. The number of hydrogen-bond donors (Lipinski definition) is 1. The highest BCUT2D eigenvalue weighted by atomic mass is 16.1. The lowest BCUT2D eigenvalue weighted by Crippen LogP contribution is -2.48. The Balaban J connectivity index is 4.22. The molecule has 0 aliphatic carbocycles. The Morgan fingerprint density at radius 3 is 2.13 bits per heavy atom. The van der Waals surface area contributed by atoms with Gasteiger partial charge in [-0.25, -0.2) is 0 Å². The maximum atomic E-state index is 11.5. The minimum atomic E-state index is 0.0300. The second kappa shape index (κ2) is 6.26. The Kier molecular flexibility index (Phi) is 6.11. The molecule has 1 atom stereocenters. The van der Waals surface area contributed by atoms with E-state index < -0.39 is 0 Å². The molecule has 0 rings (SSSR count). The zero-order valence-corrected chi connectivity index (χ0v) is 11.2. The summed E-state index contributed by atoms with van der Waals surface area (Å²) in [6, 6.07) is 0.0300. The molecule has 0 aromatic heterocycles. The van der Waals surface area contributed by atoms with Crippen molar-refractivity contribution in [3.05, 3.63) is 0 Å². The zero-order chi connectivity index (χ0) is 12.1. The molecule has 0 saturated carbocycles. The van der Waals surface area contributed by atoms with E-state index in [1.807, 2.05) is 0 Å². The van der Waals surface area contributed by atoms with E-state index in [0.29, 0.717) is 5.92 Å². The van der Waals surface area contributed by atoms with E-state index in [4.69, 9.17) is 0 Å². The Hall–Kier alpha value is -0.370. The maximum absolute atomic E-state index is 11.5. The number of ketones is 1. The molecular formula is C13H27NO. The lowest BCUT2D eigenvalue weighted by molar-refractivity contribution is -0.119. The molecule has 0 saturated heterocycles. The number of carbonyl (C=O) groups is 1. The van der Waals surface area contributed by atoms with Crippen molar-refractivity contribution < 1.29 is 4.79 Å². The van der Waals surface area contributed by atoms with Gasteiger partial charge in [0.2, 0.25) is 0 Å². The molecular weight excluding hydrogens is 186 g/mol. The van der Waals surface area contributed by atoms with Gasteiger partial charge in [-0.1, -0.05) is 20.8 Å². The van der Waals surface area contributed by atoms with Crippen molar-refractivity contribution in [3.63, 3.8) is 0 Å². The normalized spacial score (nSPS) is 14.3. The lowest BCUT2D eigenvalue weighted by Gasteiger charge is -2.30. The van der Waals surface area contributed by atoms with Gasteiger partial charge in [0.15, 0.2) is 0 Å². The third-order valence-corrected chi connectivity index (χ3v) is 2.97. The Morgan fingerprint density at radius 1 is 1.27 bits per heavy atom. The van der Waals surface area contributed by atoms with Crippen molar-refractivity contribution in [1.29, 1.82) is 0 Å². The van der Waals surface area contributed by atoms with Gasteiger partial charge in [0.05, 0.1) is 6.04 Å². The van der Waals surface area contributed by atoms with Crippen molar-refractivity contribution >= 4 is 5.78 Å². The van der Waals surface area contributed by atoms with Gasteiger partial charge in [-0.05, 0) is 46.0 Å². The third kappa shape index (κ3) is 6.67. The molecule has 0 aliphatic heterocycles. The smallest absolute Gasteiger partial charge is 0.146 e. The first-order valence-electron chi connectivity index (χ1n) is 6.06. The highest BCUT2D eigenvalue weighted by molar-refractivity contribution is 5.81. The summed E-state index contributed by atoms with van der Waals surface area (Å²) in [6.45, 7) is 12.5. The first-order valence-corrected chi connectivity index (χ1v) is 6.06. The highest BCUT2D eigenvalue weighted by Gasteiger charge is 2.22. The molecule has 0 amide bonds. The largest absolute Gasteiger partial charge is 0.302 e. The van der Waals surface area contributed by atoms with Gasteiger partial charge in [-0.2, -0.15) is 0 Å². The summed E-state index contributed by atoms with van der Waals surface area (Å²) in [5.74, 6) is 0.926. The quantitative estimate of drug-likeness (QED) is 0.704. The number of hydrogen-bond acceptors (Lipinski definition) is 2. The van der Waals surface area contributed by atoms with Gasteiger partial charge in [-0.3, -0.25) is 4.79 Å². The first-order chi connectivity index (χ1) is 6.78. The van der Waals surface area contributed by atoms with Crippen LogP contribution in [0.3, 0.4) is 0 Å². The van der Waals surface area contributed by atoms with Crippen molar-refractivity contribution in [2.45, 2.75) is 72.4 Å². The summed E-state index contributed by atoms with van der Waals surface area (Å²) >= 11 is 0. The topological polar surface area (TPSA) is 29.1 Å². The van der Waals surface area contributed by atoms with Crippen molar-refractivity contribution in [2.75, 3.05) is 0 Å². The fourth-order valence-electron chi connectivity index (χ4n) is 1.45. The minimum absolute atomic E-state index is 0.0300. The molecule has 0 aromatic rings. The minimum Gasteiger partial charge on any atom is -0.302 e. The van der Waals surface area contributed by atoms with E-state index in [1.165, 1.54) is 0 Å². The lowest BCUT2D eigenvalue weighted by atomic mass is 9.95. The van der Waals surface area contributed by atoms with Crippen LogP contribution in [0, 0.1) is 5.92 Å². The summed E-state index contributed by atoms with van der Waals surface area (Å²) in [5, 5.41) is 3.45. The molecule has 90 valence electrons. The number of carbonyl (C=O) groups excluding carboxylic acids is 1. The van der Waals surface area contributed by atoms with E-state index in [9.17, 15) is 4.79 Å². The fraction of sp³-hybridized carbons (Fsp3) is 0.923. The molecule has 2 nitrogen and oxygen atoms in total. The van der Waals surface area contributed by atoms with Crippen LogP contribution in [0.5, 0.6) is 0 Å². The molecule has 1 N–H and O–H groups in total. The standard InChI is InChI=1S/C13H27NO/c1-7-13(5,6)14-12(11(4)15)9-8-10(2)3/h10,12,14H,7-9H2,1-6H3/t12-/m1/s1. The highest BCUT2D eigenvalue weighted by Crippen LogP contribution is 2.13. The predicted molar refractivity (Wildman–Crippen MR) is 66.0 cm³/mol. The predicted octanol–water partition coefficient (Wildman–Crippen LogP) is 3.16. The molecule has 15 heavy (non-hydrogen) atoms. The Bertz CT molecular complexity index is 197. The number of nitrogens with one attached hydrogen (secondary N) is 1. The van der Waals surface area contributed by atoms with Crippen LogP contribution in [0.15, 0.2) is 0 Å². The van der Waals surface area contributed by atoms with Crippen molar-refractivity contribution in [2.24, 2.45) is 5.92 Å². The molecule has 0 fully saturated rings. The molecule has 0 spiro atoms. The van der Waals surface area contributed by atoms with Crippen molar-refractivity contribution in [1.82, 2.24) is 5.32 Å². The van der Waals surface area contributed by atoms with Crippen LogP contribution in [-0.4, -0.2) is 17.4 Å². The van der Waals surface area contributed by atoms with Crippen LogP contribution in [-0.2, 0) is 4.79 Å².